The zero-order valence-corrected chi connectivity index (χ0v) is 10.6. The highest BCUT2D eigenvalue weighted by molar-refractivity contribution is 8.14. The van der Waals surface area contributed by atoms with Crippen molar-refractivity contribution in [3.05, 3.63) is 0 Å². The fourth-order valence-corrected chi connectivity index (χ4v) is 3.44. The monoisotopic (exact) mass is 226 g/mol. The van der Waals surface area contributed by atoms with Gasteiger partial charge in [0, 0.05) is 11.3 Å². The molecule has 3 atom stereocenters. The summed E-state index contributed by atoms with van der Waals surface area (Å²) in [6, 6.07) is 0.695. The van der Waals surface area contributed by atoms with Gasteiger partial charge in [-0.15, -0.1) is 0 Å². The Labute approximate surface area is 97.3 Å². The van der Waals surface area contributed by atoms with Crippen LogP contribution in [0.3, 0.4) is 0 Å². The molecule has 1 aliphatic carbocycles. The van der Waals surface area contributed by atoms with Gasteiger partial charge >= 0.3 is 0 Å². The summed E-state index contributed by atoms with van der Waals surface area (Å²) >= 11 is 1.91. The van der Waals surface area contributed by atoms with Gasteiger partial charge in [0.2, 0.25) is 0 Å². The summed E-state index contributed by atoms with van der Waals surface area (Å²) < 4.78 is 0. The van der Waals surface area contributed by atoms with Gasteiger partial charge < -0.3 is 5.32 Å². The first kappa shape index (κ1) is 11.3. The quantitative estimate of drug-likeness (QED) is 0.782. The van der Waals surface area contributed by atoms with Gasteiger partial charge in [-0.1, -0.05) is 44.9 Å². The summed E-state index contributed by atoms with van der Waals surface area (Å²) in [7, 11) is 0. The zero-order valence-electron chi connectivity index (χ0n) is 9.83. The number of hydrogen-bond donors (Lipinski definition) is 1. The van der Waals surface area contributed by atoms with E-state index >= 15 is 0 Å². The number of nitrogens with zero attached hydrogens (tertiary/aromatic N) is 1. The van der Waals surface area contributed by atoms with Gasteiger partial charge in [-0.3, -0.25) is 4.99 Å². The molecular weight excluding hydrogens is 204 g/mol. The van der Waals surface area contributed by atoms with Crippen LogP contribution in [0.5, 0.6) is 0 Å². The van der Waals surface area contributed by atoms with Crippen LogP contribution < -0.4 is 5.32 Å². The lowest BCUT2D eigenvalue weighted by molar-refractivity contribution is 0.300. The Hall–Kier alpha value is -0.180. The van der Waals surface area contributed by atoms with Gasteiger partial charge in [-0.2, -0.15) is 0 Å². The lowest BCUT2D eigenvalue weighted by atomic mass is 9.84. The van der Waals surface area contributed by atoms with E-state index in [9.17, 15) is 0 Å². The Morgan fingerprint density at radius 1 is 1.47 bits per heavy atom. The second-order valence-corrected chi connectivity index (χ2v) is 6.28. The molecule has 1 N–H and O–H groups in total. The van der Waals surface area contributed by atoms with Gasteiger partial charge in [-0.05, 0) is 18.8 Å². The highest BCUT2D eigenvalue weighted by Gasteiger charge is 2.23. The minimum Gasteiger partial charge on any atom is -0.362 e. The average Bonchev–Trinajstić information content (AvgIpc) is 2.64. The minimum absolute atomic E-state index is 0.679. The van der Waals surface area contributed by atoms with Gasteiger partial charge in [0.05, 0.1) is 6.54 Å². The molecule has 1 aliphatic heterocycles. The summed E-state index contributed by atoms with van der Waals surface area (Å²) in [5.41, 5.74) is 0. The van der Waals surface area contributed by atoms with Crippen molar-refractivity contribution in [2.45, 2.75) is 57.2 Å². The molecule has 86 valence electrons. The Kier molecular flexibility index (Phi) is 3.95. The van der Waals surface area contributed by atoms with Crippen molar-refractivity contribution in [3.63, 3.8) is 0 Å². The molecule has 3 unspecified atom stereocenters. The van der Waals surface area contributed by atoms with Crippen LogP contribution in [-0.4, -0.2) is 23.0 Å². The molecule has 0 bridgehead atoms. The molecule has 2 aliphatic rings. The number of hydrogen-bond acceptors (Lipinski definition) is 3. The SMILES string of the molecule is CCC1CCCC(NC2=NCC(C)S2)C1. The van der Waals surface area contributed by atoms with Gasteiger partial charge in [0.15, 0.2) is 5.17 Å². The van der Waals surface area contributed by atoms with E-state index in [-0.39, 0.29) is 0 Å². The standard InChI is InChI=1S/C12H22N2S/c1-3-10-5-4-6-11(7-10)14-12-13-8-9(2)15-12/h9-11H,3-8H2,1-2H3,(H,13,14). The molecule has 1 fully saturated rings. The molecule has 0 saturated heterocycles. The van der Waals surface area contributed by atoms with E-state index in [1.165, 1.54) is 37.3 Å². The zero-order chi connectivity index (χ0) is 10.7. The van der Waals surface area contributed by atoms with Crippen molar-refractivity contribution >= 4 is 16.9 Å². The number of rotatable bonds is 2. The first-order valence-corrected chi connectivity index (χ1v) is 7.13. The topological polar surface area (TPSA) is 24.4 Å². The molecule has 1 heterocycles. The van der Waals surface area contributed by atoms with E-state index in [0.717, 1.165) is 12.5 Å². The van der Waals surface area contributed by atoms with E-state index in [2.05, 4.69) is 24.2 Å². The molecule has 0 aromatic carbocycles. The van der Waals surface area contributed by atoms with Gasteiger partial charge in [0.25, 0.3) is 0 Å². The molecule has 0 amide bonds. The summed E-state index contributed by atoms with van der Waals surface area (Å²) in [5.74, 6) is 0.945. The maximum absolute atomic E-state index is 4.53. The highest BCUT2D eigenvalue weighted by Crippen LogP contribution is 2.28. The van der Waals surface area contributed by atoms with Crippen LogP contribution in [0.25, 0.3) is 0 Å². The number of aliphatic imine (C=N–C) groups is 1. The Morgan fingerprint density at radius 2 is 2.33 bits per heavy atom. The lowest BCUT2D eigenvalue weighted by Crippen LogP contribution is -2.36. The smallest absolute Gasteiger partial charge is 0.157 e. The van der Waals surface area contributed by atoms with Crippen LogP contribution in [0, 0.1) is 5.92 Å². The van der Waals surface area contributed by atoms with Crippen molar-refractivity contribution in [2.24, 2.45) is 10.9 Å². The fourth-order valence-electron chi connectivity index (χ4n) is 2.52. The molecule has 0 aromatic rings. The third kappa shape index (κ3) is 3.13. The largest absolute Gasteiger partial charge is 0.362 e. The predicted octanol–water partition coefficient (Wildman–Crippen LogP) is 3.04. The summed E-state index contributed by atoms with van der Waals surface area (Å²) in [6.45, 7) is 5.56. The molecule has 0 radical (unpaired) electrons. The van der Waals surface area contributed by atoms with Crippen molar-refractivity contribution in [3.8, 4) is 0 Å². The second kappa shape index (κ2) is 5.24. The molecule has 2 rings (SSSR count). The van der Waals surface area contributed by atoms with E-state index in [1.54, 1.807) is 0 Å². The molecule has 1 saturated carbocycles. The highest BCUT2D eigenvalue weighted by atomic mass is 32.2. The van der Waals surface area contributed by atoms with E-state index in [0.29, 0.717) is 11.3 Å². The Morgan fingerprint density at radius 3 is 3.00 bits per heavy atom. The maximum Gasteiger partial charge on any atom is 0.157 e. The first-order valence-electron chi connectivity index (χ1n) is 6.25. The van der Waals surface area contributed by atoms with Crippen LogP contribution in [0.2, 0.25) is 0 Å². The fraction of sp³-hybridized carbons (Fsp3) is 0.917. The van der Waals surface area contributed by atoms with E-state index in [4.69, 9.17) is 0 Å². The second-order valence-electron chi connectivity index (χ2n) is 4.86. The van der Waals surface area contributed by atoms with Gasteiger partial charge in [-0.25, -0.2) is 0 Å². The summed E-state index contributed by atoms with van der Waals surface area (Å²) in [4.78, 5) is 4.53. The van der Waals surface area contributed by atoms with Crippen LogP contribution in [0.4, 0.5) is 0 Å². The van der Waals surface area contributed by atoms with Crippen LogP contribution in [-0.2, 0) is 0 Å². The first-order chi connectivity index (χ1) is 7.28. The minimum atomic E-state index is 0.679. The summed E-state index contributed by atoms with van der Waals surface area (Å²) in [6.07, 6.45) is 6.86. The van der Waals surface area contributed by atoms with Crippen molar-refractivity contribution in [1.29, 1.82) is 0 Å². The summed E-state index contributed by atoms with van der Waals surface area (Å²) in [5, 5.41) is 5.50. The maximum atomic E-state index is 4.53. The third-order valence-electron chi connectivity index (χ3n) is 3.49. The molecule has 0 spiro atoms. The van der Waals surface area contributed by atoms with E-state index in [1.807, 2.05) is 11.8 Å². The van der Waals surface area contributed by atoms with Crippen molar-refractivity contribution in [2.75, 3.05) is 6.54 Å². The molecule has 0 aromatic heterocycles. The predicted molar refractivity (Wildman–Crippen MR) is 68.5 cm³/mol. The Bertz CT molecular complexity index is 240. The Balaban J connectivity index is 1.79. The molecule has 15 heavy (non-hydrogen) atoms. The van der Waals surface area contributed by atoms with E-state index < -0.39 is 0 Å². The van der Waals surface area contributed by atoms with Crippen LogP contribution in [0.1, 0.15) is 46.0 Å². The van der Waals surface area contributed by atoms with Gasteiger partial charge in [0.1, 0.15) is 0 Å². The molecule has 3 heteroatoms. The normalized spacial score (nSPS) is 36.4. The van der Waals surface area contributed by atoms with Crippen LogP contribution >= 0.6 is 11.8 Å². The average molecular weight is 226 g/mol. The number of nitrogens with one attached hydrogen (secondary N) is 1. The van der Waals surface area contributed by atoms with Crippen molar-refractivity contribution in [1.82, 2.24) is 5.32 Å². The lowest BCUT2D eigenvalue weighted by Gasteiger charge is -2.29. The number of amidine groups is 1. The number of thioether (sulfide) groups is 1. The molecule has 2 nitrogen and oxygen atoms in total. The molecular formula is C12H22N2S. The van der Waals surface area contributed by atoms with Crippen LogP contribution in [0.15, 0.2) is 4.99 Å². The van der Waals surface area contributed by atoms with Crippen molar-refractivity contribution < 1.29 is 0 Å². The third-order valence-corrected chi connectivity index (χ3v) is 4.51.